The van der Waals surface area contributed by atoms with E-state index in [9.17, 15) is 9.90 Å². The summed E-state index contributed by atoms with van der Waals surface area (Å²) in [4.78, 5) is 15.1. The molecule has 4 aromatic rings. The van der Waals surface area contributed by atoms with Crippen molar-refractivity contribution in [3.8, 4) is 28.3 Å². The highest BCUT2D eigenvalue weighted by molar-refractivity contribution is 6.32. The maximum atomic E-state index is 10.9. The zero-order valence-corrected chi connectivity index (χ0v) is 18.4. The van der Waals surface area contributed by atoms with Gasteiger partial charge in [-0.25, -0.2) is 0 Å². The molecule has 3 aromatic carbocycles. The Morgan fingerprint density at radius 3 is 2.44 bits per heavy atom. The van der Waals surface area contributed by atoms with E-state index >= 15 is 0 Å². The van der Waals surface area contributed by atoms with Crippen molar-refractivity contribution in [3.05, 3.63) is 87.8 Å². The van der Waals surface area contributed by atoms with Crippen molar-refractivity contribution in [2.24, 2.45) is 0 Å². The van der Waals surface area contributed by atoms with E-state index in [1.54, 1.807) is 18.2 Å². The van der Waals surface area contributed by atoms with Crippen LogP contribution in [-0.4, -0.2) is 21.5 Å². The second kappa shape index (κ2) is 9.34. The highest BCUT2D eigenvalue weighted by Crippen LogP contribution is 2.34. The van der Waals surface area contributed by atoms with Crippen molar-refractivity contribution in [3.63, 3.8) is 0 Å². The fourth-order valence-electron chi connectivity index (χ4n) is 3.59. The number of aromatic nitrogens is 2. The van der Waals surface area contributed by atoms with Gasteiger partial charge in [0, 0.05) is 11.1 Å². The van der Waals surface area contributed by atoms with Crippen molar-refractivity contribution in [2.75, 3.05) is 0 Å². The average molecular weight is 449 g/mol. The predicted octanol–water partition coefficient (Wildman–Crippen LogP) is 5.56. The van der Waals surface area contributed by atoms with Gasteiger partial charge < -0.3 is 14.4 Å². The monoisotopic (exact) mass is 448 g/mol. The van der Waals surface area contributed by atoms with Crippen molar-refractivity contribution in [2.45, 2.75) is 27.1 Å². The SMILES string of the molecule is Cc1c(COc2ccc(C=O)cc2Cl)cccc1-c1cccc(-c2noc(CO)n2)c1C. The molecular weight excluding hydrogens is 428 g/mol. The number of carbonyl (C=O) groups excluding carboxylic acids is 1. The van der Waals surface area contributed by atoms with Crippen molar-refractivity contribution in [1.29, 1.82) is 0 Å². The average Bonchev–Trinajstić information content (AvgIpc) is 3.28. The normalized spacial score (nSPS) is 10.9. The lowest BCUT2D eigenvalue weighted by Crippen LogP contribution is -2.01. The number of ether oxygens (including phenoxy) is 1. The van der Waals surface area contributed by atoms with Crippen LogP contribution in [0.25, 0.3) is 22.5 Å². The molecule has 0 unspecified atom stereocenters. The van der Waals surface area contributed by atoms with E-state index in [-0.39, 0.29) is 12.5 Å². The van der Waals surface area contributed by atoms with Gasteiger partial charge in [0.05, 0.1) is 5.02 Å². The third-order valence-electron chi connectivity index (χ3n) is 5.39. The van der Waals surface area contributed by atoms with Crippen LogP contribution in [0.2, 0.25) is 5.02 Å². The molecule has 4 rings (SSSR count). The van der Waals surface area contributed by atoms with Gasteiger partial charge in [-0.3, -0.25) is 4.79 Å². The fraction of sp³-hybridized carbons (Fsp3) is 0.160. The standard InChI is InChI=1S/C25H21ClN2O4/c1-15-18(14-31-23-10-9-17(12-29)11-22(23)26)5-3-6-19(15)20-7-4-8-21(16(20)2)25-27-24(13-30)32-28-25/h3-12,30H,13-14H2,1-2H3. The van der Waals surface area contributed by atoms with Crippen LogP contribution in [0.3, 0.4) is 0 Å². The summed E-state index contributed by atoms with van der Waals surface area (Å²) in [6.45, 7) is 4.10. The van der Waals surface area contributed by atoms with Gasteiger partial charge in [-0.05, 0) is 59.9 Å². The number of hydrogen-bond acceptors (Lipinski definition) is 6. The first-order chi connectivity index (χ1) is 15.5. The van der Waals surface area contributed by atoms with E-state index in [2.05, 4.69) is 23.1 Å². The van der Waals surface area contributed by atoms with E-state index in [0.717, 1.165) is 39.7 Å². The van der Waals surface area contributed by atoms with Crippen LogP contribution in [0, 0.1) is 13.8 Å². The maximum absolute atomic E-state index is 10.9. The topological polar surface area (TPSA) is 85.5 Å². The molecule has 0 aliphatic carbocycles. The van der Waals surface area contributed by atoms with Crippen molar-refractivity contribution in [1.82, 2.24) is 10.1 Å². The molecule has 0 aliphatic heterocycles. The van der Waals surface area contributed by atoms with Crippen molar-refractivity contribution < 1.29 is 19.2 Å². The fourth-order valence-corrected chi connectivity index (χ4v) is 3.84. The van der Waals surface area contributed by atoms with Crippen LogP contribution in [-0.2, 0) is 13.2 Å². The number of halogens is 1. The second-order valence-corrected chi connectivity index (χ2v) is 7.74. The number of carbonyl (C=O) groups is 1. The van der Waals surface area contributed by atoms with Crippen LogP contribution in [0.5, 0.6) is 5.75 Å². The molecule has 162 valence electrons. The summed E-state index contributed by atoms with van der Waals surface area (Å²) in [5, 5.41) is 13.6. The molecule has 6 nitrogen and oxygen atoms in total. The van der Waals surface area contributed by atoms with Crippen LogP contribution in [0.4, 0.5) is 0 Å². The lowest BCUT2D eigenvalue weighted by Gasteiger charge is -2.16. The first-order valence-corrected chi connectivity index (χ1v) is 10.4. The number of aldehydes is 1. The maximum Gasteiger partial charge on any atom is 0.252 e. The summed E-state index contributed by atoms with van der Waals surface area (Å²) in [5.74, 6) is 1.15. The summed E-state index contributed by atoms with van der Waals surface area (Å²) in [5.41, 5.74) is 6.57. The van der Waals surface area contributed by atoms with Gasteiger partial charge in [-0.15, -0.1) is 0 Å². The third-order valence-corrected chi connectivity index (χ3v) is 5.68. The molecule has 0 saturated heterocycles. The zero-order chi connectivity index (χ0) is 22.7. The minimum Gasteiger partial charge on any atom is -0.487 e. The number of hydrogen-bond donors (Lipinski definition) is 1. The van der Waals surface area contributed by atoms with Crippen molar-refractivity contribution >= 4 is 17.9 Å². The molecule has 0 aliphatic rings. The molecule has 0 saturated carbocycles. The Labute approximate surface area is 190 Å². The Morgan fingerprint density at radius 1 is 1.03 bits per heavy atom. The van der Waals surface area contributed by atoms with Gasteiger partial charge >= 0.3 is 0 Å². The van der Waals surface area contributed by atoms with Gasteiger partial charge in [-0.1, -0.05) is 53.2 Å². The predicted molar refractivity (Wildman–Crippen MR) is 122 cm³/mol. The highest BCUT2D eigenvalue weighted by atomic mass is 35.5. The quantitative estimate of drug-likeness (QED) is 0.372. The molecule has 1 heterocycles. The summed E-state index contributed by atoms with van der Waals surface area (Å²) in [6.07, 6.45) is 0.749. The highest BCUT2D eigenvalue weighted by Gasteiger charge is 2.15. The Bertz CT molecular complexity index is 1280. The number of nitrogens with zero attached hydrogens (tertiary/aromatic N) is 2. The molecule has 32 heavy (non-hydrogen) atoms. The van der Waals surface area contributed by atoms with Gasteiger partial charge in [0.25, 0.3) is 5.89 Å². The molecule has 0 spiro atoms. The molecule has 7 heteroatoms. The second-order valence-electron chi connectivity index (χ2n) is 7.33. The molecular formula is C25H21ClN2O4. The summed E-state index contributed by atoms with van der Waals surface area (Å²) in [6, 6.07) is 16.9. The van der Waals surface area contributed by atoms with Gasteiger partial charge in [0.1, 0.15) is 25.2 Å². The molecule has 0 bridgehead atoms. The van der Waals surface area contributed by atoms with E-state index < -0.39 is 0 Å². The smallest absolute Gasteiger partial charge is 0.252 e. The number of benzene rings is 3. The summed E-state index contributed by atoms with van der Waals surface area (Å²) >= 11 is 6.23. The van der Waals surface area contributed by atoms with Gasteiger partial charge in [0.15, 0.2) is 0 Å². The molecule has 0 amide bonds. The summed E-state index contributed by atoms with van der Waals surface area (Å²) < 4.78 is 11.0. The molecule has 0 radical (unpaired) electrons. The van der Waals surface area contributed by atoms with Gasteiger partial charge in [-0.2, -0.15) is 4.98 Å². The lowest BCUT2D eigenvalue weighted by molar-refractivity contribution is 0.112. The van der Waals surface area contributed by atoms with E-state index in [1.807, 2.05) is 37.3 Å². The number of rotatable bonds is 7. The minimum absolute atomic E-state index is 0.181. The Morgan fingerprint density at radius 2 is 1.75 bits per heavy atom. The van der Waals surface area contributed by atoms with E-state index in [4.69, 9.17) is 20.9 Å². The van der Waals surface area contributed by atoms with Gasteiger partial charge in [0.2, 0.25) is 5.82 Å². The van der Waals surface area contributed by atoms with E-state index in [0.29, 0.717) is 28.8 Å². The van der Waals surface area contributed by atoms with Crippen LogP contribution < -0.4 is 4.74 Å². The Kier molecular flexibility index (Phi) is 6.35. The van der Waals surface area contributed by atoms with Crippen LogP contribution in [0.15, 0.2) is 59.1 Å². The Balaban J connectivity index is 1.64. The summed E-state index contributed by atoms with van der Waals surface area (Å²) in [7, 11) is 0. The Hall–Kier alpha value is -3.48. The molecule has 1 aromatic heterocycles. The minimum atomic E-state index is -0.297. The largest absolute Gasteiger partial charge is 0.487 e. The molecule has 1 N–H and O–H groups in total. The van der Waals surface area contributed by atoms with Crippen LogP contribution in [0.1, 0.15) is 32.9 Å². The number of aliphatic hydroxyl groups excluding tert-OH is 1. The molecule has 0 atom stereocenters. The lowest BCUT2D eigenvalue weighted by atomic mass is 9.91. The molecule has 0 fully saturated rings. The van der Waals surface area contributed by atoms with E-state index in [1.165, 1.54) is 0 Å². The first-order valence-electron chi connectivity index (χ1n) is 10.0. The third kappa shape index (κ3) is 4.28. The first kappa shape index (κ1) is 21.7. The zero-order valence-electron chi connectivity index (χ0n) is 17.6. The number of aliphatic hydroxyl groups is 1. The van der Waals surface area contributed by atoms with Crippen LogP contribution >= 0.6 is 11.6 Å².